The SMILES string of the molecule is O=C(c1ccccc1)c1cccc(S(=O)(=O)[O-])c1.[K+]. The number of carbonyl (C=O) groups is 1. The van der Waals surface area contributed by atoms with Crippen LogP contribution in [0.15, 0.2) is 59.5 Å². The first-order chi connectivity index (χ1) is 8.48. The maximum Gasteiger partial charge on any atom is 1.00 e. The molecule has 0 saturated heterocycles. The van der Waals surface area contributed by atoms with Gasteiger partial charge in [0.15, 0.2) is 5.78 Å². The van der Waals surface area contributed by atoms with E-state index >= 15 is 0 Å². The minimum absolute atomic E-state index is 0. The fraction of sp³-hybridized carbons (Fsp3) is 0. The average Bonchev–Trinajstić information content (AvgIpc) is 2.38. The van der Waals surface area contributed by atoms with E-state index < -0.39 is 15.0 Å². The molecule has 92 valence electrons. The first-order valence-electron chi connectivity index (χ1n) is 5.14. The van der Waals surface area contributed by atoms with Crippen molar-refractivity contribution in [1.29, 1.82) is 0 Å². The van der Waals surface area contributed by atoms with Crippen LogP contribution in [0.4, 0.5) is 0 Å². The van der Waals surface area contributed by atoms with Gasteiger partial charge in [0.2, 0.25) is 0 Å². The van der Waals surface area contributed by atoms with Gasteiger partial charge in [-0.05, 0) is 12.1 Å². The molecule has 0 heterocycles. The molecule has 2 aromatic rings. The maximum absolute atomic E-state index is 12.0. The van der Waals surface area contributed by atoms with E-state index in [4.69, 9.17) is 0 Å². The van der Waals surface area contributed by atoms with E-state index in [0.29, 0.717) is 5.56 Å². The van der Waals surface area contributed by atoms with Crippen molar-refractivity contribution >= 4 is 15.9 Å². The van der Waals surface area contributed by atoms with Crippen LogP contribution < -0.4 is 51.4 Å². The molecule has 0 spiro atoms. The molecule has 0 saturated carbocycles. The van der Waals surface area contributed by atoms with Crippen molar-refractivity contribution in [3.05, 3.63) is 65.7 Å². The zero-order valence-electron chi connectivity index (χ0n) is 10.2. The summed E-state index contributed by atoms with van der Waals surface area (Å²) in [7, 11) is -4.54. The normalized spacial score (nSPS) is 10.6. The number of hydrogen-bond acceptors (Lipinski definition) is 4. The van der Waals surface area contributed by atoms with Gasteiger partial charge in [-0.1, -0.05) is 42.5 Å². The van der Waals surface area contributed by atoms with Crippen LogP contribution in [0.5, 0.6) is 0 Å². The molecule has 2 rings (SSSR count). The van der Waals surface area contributed by atoms with Gasteiger partial charge >= 0.3 is 51.4 Å². The Balaban J connectivity index is 0.00000180. The second-order valence-electron chi connectivity index (χ2n) is 3.68. The molecule has 6 heteroatoms. The van der Waals surface area contributed by atoms with E-state index in [9.17, 15) is 17.8 Å². The Morgan fingerprint density at radius 2 is 1.47 bits per heavy atom. The molecule has 0 bridgehead atoms. The van der Waals surface area contributed by atoms with E-state index in [-0.39, 0.29) is 62.7 Å². The van der Waals surface area contributed by atoms with Crippen LogP contribution >= 0.6 is 0 Å². The van der Waals surface area contributed by atoms with E-state index in [1.54, 1.807) is 30.3 Å². The third-order valence-electron chi connectivity index (χ3n) is 2.42. The minimum Gasteiger partial charge on any atom is -0.744 e. The number of hydrogen-bond donors (Lipinski definition) is 0. The number of rotatable bonds is 3. The van der Waals surface area contributed by atoms with Gasteiger partial charge in [0.1, 0.15) is 10.1 Å². The van der Waals surface area contributed by atoms with Crippen LogP contribution in [0.2, 0.25) is 0 Å². The number of benzene rings is 2. The van der Waals surface area contributed by atoms with Crippen LogP contribution in [-0.2, 0) is 10.1 Å². The summed E-state index contributed by atoms with van der Waals surface area (Å²) in [6, 6.07) is 13.6. The average molecular weight is 300 g/mol. The summed E-state index contributed by atoms with van der Waals surface area (Å²) in [4.78, 5) is 11.6. The fourth-order valence-electron chi connectivity index (χ4n) is 1.55. The monoisotopic (exact) mass is 300 g/mol. The Labute approximate surface area is 154 Å². The van der Waals surface area contributed by atoms with Gasteiger partial charge < -0.3 is 4.55 Å². The molecule has 0 aliphatic heterocycles. The van der Waals surface area contributed by atoms with Gasteiger partial charge in [-0.25, -0.2) is 8.42 Å². The Bertz CT molecular complexity index is 681. The summed E-state index contributed by atoms with van der Waals surface area (Å²) < 4.78 is 32.6. The third kappa shape index (κ3) is 4.32. The summed E-state index contributed by atoms with van der Waals surface area (Å²) in [5, 5.41) is 0. The van der Waals surface area contributed by atoms with E-state index in [2.05, 4.69) is 0 Å². The first-order valence-corrected chi connectivity index (χ1v) is 6.55. The zero-order valence-corrected chi connectivity index (χ0v) is 14.2. The Morgan fingerprint density at radius 1 is 0.895 bits per heavy atom. The second kappa shape index (κ2) is 6.89. The van der Waals surface area contributed by atoms with Gasteiger partial charge in [0.25, 0.3) is 0 Å². The molecule has 19 heavy (non-hydrogen) atoms. The molecular formula is C13H9KO4S. The van der Waals surface area contributed by atoms with Crippen molar-refractivity contribution in [3.63, 3.8) is 0 Å². The van der Waals surface area contributed by atoms with Gasteiger partial charge in [-0.2, -0.15) is 0 Å². The van der Waals surface area contributed by atoms with Crippen LogP contribution in [0.3, 0.4) is 0 Å². The van der Waals surface area contributed by atoms with Crippen molar-refractivity contribution in [2.45, 2.75) is 4.90 Å². The van der Waals surface area contributed by atoms with Gasteiger partial charge in [0, 0.05) is 11.1 Å². The van der Waals surface area contributed by atoms with Crippen molar-refractivity contribution in [2.24, 2.45) is 0 Å². The van der Waals surface area contributed by atoms with Crippen LogP contribution in [-0.4, -0.2) is 18.8 Å². The number of carbonyl (C=O) groups excluding carboxylic acids is 1. The Morgan fingerprint density at radius 3 is 2.05 bits per heavy atom. The predicted octanol–water partition coefficient (Wildman–Crippen LogP) is -1.17. The maximum atomic E-state index is 12.0. The van der Waals surface area contributed by atoms with Crippen molar-refractivity contribution < 1.29 is 69.1 Å². The van der Waals surface area contributed by atoms with Gasteiger partial charge in [-0.3, -0.25) is 4.79 Å². The van der Waals surface area contributed by atoms with Crippen molar-refractivity contribution in [1.82, 2.24) is 0 Å². The van der Waals surface area contributed by atoms with Gasteiger partial charge in [-0.15, -0.1) is 0 Å². The van der Waals surface area contributed by atoms with E-state index in [0.717, 1.165) is 6.07 Å². The van der Waals surface area contributed by atoms with Crippen LogP contribution in [0.25, 0.3) is 0 Å². The fourth-order valence-corrected chi connectivity index (χ4v) is 2.07. The smallest absolute Gasteiger partial charge is 0.744 e. The van der Waals surface area contributed by atoms with Crippen LogP contribution in [0.1, 0.15) is 15.9 Å². The van der Waals surface area contributed by atoms with Crippen molar-refractivity contribution in [2.75, 3.05) is 0 Å². The molecule has 0 aliphatic carbocycles. The van der Waals surface area contributed by atoms with Crippen LogP contribution in [0, 0.1) is 0 Å². The molecule has 0 amide bonds. The van der Waals surface area contributed by atoms with E-state index in [1.165, 1.54) is 18.2 Å². The topological polar surface area (TPSA) is 74.3 Å². The Kier molecular flexibility index (Phi) is 6.06. The molecule has 0 atom stereocenters. The summed E-state index contributed by atoms with van der Waals surface area (Å²) in [6.45, 7) is 0. The van der Waals surface area contributed by atoms with E-state index in [1.807, 2.05) is 0 Å². The molecule has 2 aromatic carbocycles. The second-order valence-corrected chi connectivity index (χ2v) is 5.06. The predicted molar refractivity (Wildman–Crippen MR) is 64.3 cm³/mol. The zero-order chi connectivity index (χ0) is 13.2. The number of ketones is 1. The first kappa shape index (κ1) is 16.7. The summed E-state index contributed by atoms with van der Waals surface area (Å²) in [5.74, 6) is -0.318. The molecule has 0 fully saturated rings. The van der Waals surface area contributed by atoms with Crippen molar-refractivity contribution in [3.8, 4) is 0 Å². The standard InChI is InChI=1S/C13H10O4S.K/c14-13(10-5-2-1-3-6-10)11-7-4-8-12(9-11)18(15,16)17;/h1-9H,(H,15,16,17);/q;+1/p-1. The summed E-state index contributed by atoms with van der Waals surface area (Å²) in [5.41, 5.74) is 0.621. The summed E-state index contributed by atoms with van der Waals surface area (Å²) in [6.07, 6.45) is 0. The molecule has 0 unspecified atom stereocenters. The molecule has 0 aliphatic rings. The quantitative estimate of drug-likeness (QED) is 0.406. The molecule has 0 aromatic heterocycles. The molecule has 4 nitrogen and oxygen atoms in total. The minimum atomic E-state index is -4.54. The Hall–Kier alpha value is -0.344. The summed E-state index contributed by atoms with van der Waals surface area (Å²) >= 11 is 0. The molecule has 0 radical (unpaired) electrons. The molecular weight excluding hydrogens is 291 g/mol. The van der Waals surface area contributed by atoms with Gasteiger partial charge in [0.05, 0.1) is 4.90 Å². The molecule has 0 N–H and O–H groups in total. The third-order valence-corrected chi connectivity index (χ3v) is 3.25. The largest absolute Gasteiger partial charge is 1.00 e.